The van der Waals surface area contributed by atoms with E-state index in [9.17, 15) is 8.42 Å². The third kappa shape index (κ3) is 16.7. The summed E-state index contributed by atoms with van der Waals surface area (Å²) < 4.78 is 29.9. The first kappa shape index (κ1) is 23.9. The number of unbranched alkanes of at least 4 members (excludes halogenated alkanes) is 15. The molecule has 0 bridgehead atoms. The molecule has 0 aromatic rings. The second kappa shape index (κ2) is 16.3. The van der Waals surface area contributed by atoms with E-state index in [1.165, 1.54) is 83.5 Å². The highest BCUT2D eigenvalue weighted by atomic mass is 32.2. The first-order chi connectivity index (χ1) is 11.5. The summed E-state index contributed by atoms with van der Waals surface area (Å²) in [5, 5.41) is 9.16. The zero-order valence-corrected chi connectivity index (χ0v) is 16.5. The van der Waals surface area contributed by atoms with Crippen molar-refractivity contribution in [2.45, 2.75) is 122 Å². The molecule has 0 saturated carbocycles. The van der Waals surface area contributed by atoms with Crippen molar-refractivity contribution in [2.24, 2.45) is 0 Å². The predicted octanol–water partition coefficient (Wildman–Crippen LogP) is 5.84. The van der Waals surface area contributed by atoms with Gasteiger partial charge in [-0.2, -0.15) is 8.42 Å². The van der Waals surface area contributed by atoms with Crippen LogP contribution in [-0.4, -0.2) is 23.5 Å². The molecule has 0 amide bonds. The number of hydrogen-bond donors (Lipinski definition) is 2. The molecule has 1 atom stereocenters. The van der Waals surface area contributed by atoms with Gasteiger partial charge in [-0.1, -0.05) is 103 Å². The van der Waals surface area contributed by atoms with E-state index in [1.54, 1.807) is 0 Å². The lowest BCUT2D eigenvalue weighted by molar-refractivity contribution is 0.219. The third-order valence-electron chi connectivity index (χ3n) is 4.65. The molecule has 24 heavy (non-hydrogen) atoms. The van der Waals surface area contributed by atoms with E-state index in [-0.39, 0.29) is 6.42 Å². The van der Waals surface area contributed by atoms with Crippen molar-refractivity contribution < 1.29 is 18.1 Å². The Morgan fingerprint density at radius 2 is 0.917 bits per heavy atom. The lowest BCUT2D eigenvalue weighted by Gasteiger charge is -2.06. The Balaban J connectivity index is 3.13. The second-order valence-electron chi connectivity index (χ2n) is 7.06. The highest BCUT2D eigenvalue weighted by Gasteiger charge is 2.18. The summed E-state index contributed by atoms with van der Waals surface area (Å²) in [5.41, 5.74) is -1.61. The maximum atomic E-state index is 10.6. The average molecular weight is 365 g/mol. The highest BCUT2D eigenvalue weighted by molar-refractivity contribution is 7.86. The Morgan fingerprint density at radius 1 is 0.625 bits per heavy atom. The van der Waals surface area contributed by atoms with Gasteiger partial charge < -0.3 is 5.11 Å². The topological polar surface area (TPSA) is 74.6 Å². The van der Waals surface area contributed by atoms with Crippen molar-refractivity contribution >= 4 is 10.1 Å². The zero-order chi connectivity index (χ0) is 18.1. The van der Waals surface area contributed by atoms with E-state index in [1.807, 2.05) is 0 Å². The summed E-state index contributed by atoms with van der Waals surface area (Å²) in [5.74, 6) is 0. The van der Waals surface area contributed by atoms with E-state index in [2.05, 4.69) is 6.92 Å². The highest BCUT2D eigenvalue weighted by Crippen LogP contribution is 2.14. The smallest absolute Gasteiger partial charge is 0.291 e. The van der Waals surface area contributed by atoms with Crippen molar-refractivity contribution in [1.82, 2.24) is 0 Å². The molecule has 2 N–H and O–H groups in total. The molecule has 0 aliphatic carbocycles. The summed E-state index contributed by atoms with van der Waals surface area (Å²) in [4.78, 5) is 0. The molecule has 4 nitrogen and oxygen atoms in total. The van der Waals surface area contributed by atoms with Crippen LogP contribution in [0, 0.1) is 0 Å². The van der Waals surface area contributed by atoms with Crippen molar-refractivity contribution in [3.8, 4) is 0 Å². The minimum Gasteiger partial charge on any atom is -0.375 e. The lowest BCUT2D eigenvalue weighted by Crippen LogP contribution is -2.19. The minimum absolute atomic E-state index is 0.136. The molecule has 0 aromatic carbocycles. The van der Waals surface area contributed by atoms with Crippen LogP contribution in [0.2, 0.25) is 0 Å². The van der Waals surface area contributed by atoms with Gasteiger partial charge in [-0.25, -0.2) is 0 Å². The molecular weight excluding hydrogens is 324 g/mol. The molecule has 1 unspecified atom stereocenters. The number of aliphatic hydroxyl groups is 1. The zero-order valence-electron chi connectivity index (χ0n) is 15.7. The summed E-state index contributed by atoms with van der Waals surface area (Å²) in [7, 11) is -4.27. The molecule has 0 aromatic heterocycles. The van der Waals surface area contributed by atoms with Crippen molar-refractivity contribution in [3.63, 3.8) is 0 Å². The van der Waals surface area contributed by atoms with Crippen molar-refractivity contribution in [2.75, 3.05) is 0 Å². The Hall–Kier alpha value is -0.130. The molecule has 0 spiro atoms. The van der Waals surface area contributed by atoms with Crippen LogP contribution in [0.3, 0.4) is 0 Å². The van der Waals surface area contributed by atoms with Crippen LogP contribution < -0.4 is 0 Å². The minimum atomic E-state index is -4.27. The average Bonchev–Trinajstić information content (AvgIpc) is 2.53. The first-order valence-electron chi connectivity index (χ1n) is 10.1. The maximum absolute atomic E-state index is 10.6. The quantitative estimate of drug-likeness (QED) is 0.236. The molecule has 0 heterocycles. The number of rotatable bonds is 18. The summed E-state index contributed by atoms with van der Waals surface area (Å²) in [6, 6.07) is 0. The van der Waals surface area contributed by atoms with Crippen LogP contribution in [0.4, 0.5) is 0 Å². The van der Waals surface area contributed by atoms with E-state index < -0.39 is 15.6 Å². The Labute approximate surface area is 150 Å². The molecule has 146 valence electrons. The van der Waals surface area contributed by atoms with Crippen LogP contribution in [0.5, 0.6) is 0 Å². The summed E-state index contributed by atoms with van der Waals surface area (Å²) in [6.07, 6.45) is 20.3. The summed E-state index contributed by atoms with van der Waals surface area (Å²) in [6.45, 7) is 2.26. The van der Waals surface area contributed by atoms with Gasteiger partial charge in [0.05, 0.1) is 0 Å². The molecule has 0 saturated heterocycles. The largest absolute Gasteiger partial charge is 0.375 e. The standard InChI is InChI=1S/C19H40O4S/c1-2-3-4-5-6-7-8-9-10-11-12-13-14-15-16-17-18-19(20)24(21,22)23/h19-20H,2-18H2,1H3,(H,21,22,23). The predicted molar refractivity (Wildman–Crippen MR) is 102 cm³/mol. The molecule has 0 aliphatic heterocycles. The fourth-order valence-electron chi connectivity index (χ4n) is 3.02. The van der Waals surface area contributed by atoms with Gasteiger partial charge in [-0.3, -0.25) is 4.55 Å². The van der Waals surface area contributed by atoms with Gasteiger partial charge in [0.15, 0.2) is 5.44 Å². The van der Waals surface area contributed by atoms with Crippen LogP contribution >= 0.6 is 0 Å². The van der Waals surface area contributed by atoms with Gasteiger partial charge in [0, 0.05) is 0 Å². The van der Waals surface area contributed by atoms with E-state index in [4.69, 9.17) is 9.66 Å². The number of hydrogen-bond acceptors (Lipinski definition) is 3. The second-order valence-corrected chi connectivity index (χ2v) is 8.64. The molecule has 5 heteroatoms. The van der Waals surface area contributed by atoms with Crippen LogP contribution in [0.25, 0.3) is 0 Å². The first-order valence-corrected chi connectivity index (χ1v) is 11.6. The van der Waals surface area contributed by atoms with Crippen LogP contribution in [0.15, 0.2) is 0 Å². The Bertz CT molecular complexity index is 354. The van der Waals surface area contributed by atoms with Gasteiger partial charge in [-0.15, -0.1) is 0 Å². The van der Waals surface area contributed by atoms with Crippen molar-refractivity contribution in [1.29, 1.82) is 0 Å². The van der Waals surface area contributed by atoms with E-state index >= 15 is 0 Å². The Morgan fingerprint density at radius 3 is 1.21 bits per heavy atom. The molecular formula is C19H40O4S. The molecule has 0 rings (SSSR count). The lowest BCUT2D eigenvalue weighted by atomic mass is 10.0. The fourth-order valence-corrected chi connectivity index (χ4v) is 3.48. The molecule has 0 radical (unpaired) electrons. The number of aliphatic hydroxyl groups excluding tert-OH is 1. The van der Waals surface area contributed by atoms with Gasteiger partial charge in [0.25, 0.3) is 10.1 Å². The summed E-state index contributed by atoms with van der Waals surface area (Å²) >= 11 is 0. The van der Waals surface area contributed by atoms with Gasteiger partial charge in [-0.05, 0) is 12.8 Å². The van der Waals surface area contributed by atoms with Gasteiger partial charge in [0.1, 0.15) is 0 Å². The van der Waals surface area contributed by atoms with Gasteiger partial charge in [0.2, 0.25) is 0 Å². The van der Waals surface area contributed by atoms with Crippen LogP contribution in [0.1, 0.15) is 116 Å². The molecule has 0 aliphatic rings. The van der Waals surface area contributed by atoms with E-state index in [0.29, 0.717) is 6.42 Å². The SMILES string of the molecule is CCCCCCCCCCCCCCCCCCC(O)S(=O)(=O)O. The monoisotopic (exact) mass is 364 g/mol. The normalized spacial score (nSPS) is 13.3. The van der Waals surface area contributed by atoms with Crippen molar-refractivity contribution in [3.05, 3.63) is 0 Å². The van der Waals surface area contributed by atoms with E-state index in [0.717, 1.165) is 12.8 Å². The van der Waals surface area contributed by atoms with Crippen LogP contribution in [-0.2, 0) is 10.1 Å². The Kier molecular flexibility index (Phi) is 16.3. The van der Waals surface area contributed by atoms with Gasteiger partial charge >= 0.3 is 0 Å². The molecule has 0 fully saturated rings. The third-order valence-corrected chi connectivity index (χ3v) is 5.57. The maximum Gasteiger partial charge on any atom is 0.291 e. The fraction of sp³-hybridized carbons (Fsp3) is 1.00.